The molecule has 3 rings (SSSR count). The molecule has 160 valence electrons. The number of hydrogen-bond acceptors (Lipinski definition) is 5. The van der Waals surface area contributed by atoms with Crippen LogP contribution in [0.4, 0.5) is 13.2 Å². The fourth-order valence-electron chi connectivity index (χ4n) is 3.04. The predicted molar refractivity (Wildman–Crippen MR) is 108 cm³/mol. The molecule has 0 aliphatic carbocycles. The Hall–Kier alpha value is -2.88. The van der Waals surface area contributed by atoms with Gasteiger partial charge in [-0.2, -0.15) is 0 Å². The molecule has 0 atom stereocenters. The van der Waals surface area contributed by atoms with Gasteiger partial charge in [0.2, 0.25) is 5.91 Å². The van der Waals surface area contributed by atoms with Crippen LogP contribution in [0.15, 0.2) is 35.4 Å². The Labute approximate surface area is 174 Å². The zero-order valence-electron chi connectivity index (χ0n) is 16.6. The fourth-order valence-corrected chi connectivity index (χ4v) is 4.03. The van der Waals surface area contributed by atoms with E-state index < -0.39 is 6.36 Å². The van der Waals surface area contributed by atoms with Crippen LogP contribution in [0.1, 0.15) is 22.4 Å². The van der Waals surface area contributed by atoms with Crippen molar-refractivity contribution in [3.63, 3.8) is 0 Å². The van der Waals surface area contributed by atoms with Gasteiger partial charge in [-0.05, 0) is 25.5 Å². The SMILES string of the molecule is Cc1sc2ncn(CCC(=O)N(C)Cc3ccccc3OC(F)(F)F)c(=O)c2c1C. The summed E-state index contributed by atoms with van der Waals surface area (Å²) in [5.74, 6) is -0.666. The van der Waals surface area contributed by atoms with Gasteiger partial charge < -0.3 is 9.64 Å². The van der Waals surface area contributed by atoms with Gasteiger partial charge in [-0.3, -0.25) is 14.2 Å². The number of para-hydroxylation sites is 1. The molecule has 30 heavy (non-hydrogen) atoms. The number of aryl methyl sites for hydroxylation is 3. The predicted octanol–water partition coefficient (Wildman–Crippen LogP) is 4.02. The molecule has 0 unspecified atom stereocenters. The van der Waals surface area contributed by atoms with E-state index in [1.165, 1.54) is 52.4 Å². The number of alkyl halides is 3. The largest absolute Gasteiger partial charge is 0.573 e. The number of carbonyl (C=O) groups excluding carboxylic acids is 1. The summed E-state index contributed by atoms with van der Waals surface area (Å²) in [7, 11) is 1.49. The summed E-state index contributed by atoms with van der Waals surface area (Å²) in [4.78, 5) is 32.5. The molecule has 0 saturated carbocycles. The van der Waals surface area contributed by atoms with Crippen LogP contribution in [-0.2, 0) is 17.9 Å². The number of nitrogens with zero attached hydrogens (tertiary/aromatic N) is 3. The number of carbonyl (C=O) groups is 1. The van der Waals surface area contributed by atoms with Crippen LogP contribution in [0.3, 0.4) is 0 Å². The summed E-state index contributed by atoms with van der Waals surface area (Å²) in [6.45, 7) is 3.85. The summed E-state index contributed by atoms with van der Waals surface area (Å²) in [5, 5.41) is 0.555. The zero-order valence-corrected chi connectivity index (χ0v) is 17.4. The Kier molecular flexibility index (Phi) is 6.16. The highest BCUT2D eigenvalue weighted by molar-refractivity contribution is 7.18. The standard InChI is InChI=1S/C20H20F3N3O3S/c1-12-13(2)30-18-17(12)19(28)26(11-24-18)9-8-16(27)25(3)10-14-6-4-5-7-15(14)29-20(21,22)23/h4-7,11H,8-10H2,1-3H3. The normalized spacial score (nSPS) is 11.7. The van der Waals surface area contributed by atoms with Crippen molar-refractivity contribution in [2.45, 2.75) is 39.7 Å². The summed E-state index contributed by atoms with van der Waals surface area (Å²) in [6.07, 6.45) is -3.39. The van der Waals surface area contributed by atoms with Gasteiger partial charge >= 0.3 is 6.36 Å². The molecule has 0 aliphatic heterocycles. The van der Waals surface area contributed by atoms with Crippen molar-refractivity contribution >= 4 is 27.5 Å². The lowest BCUT2D eigenvalue weighted by molar-refractivity contribution is -0.275. The average Bonchev–Trinajstić information content (AvgIpc) is 2.96. The molecule has 0 N–H and O–H groups in total. The third-order valence-electron chi connectivity index (χ3n) is 4.75. The number of amides is 1. The van der Waals surface area contributed by atoms with Gasteiger partial charge in [0.15, 0.2) is 0 Å². The Morgan fingerprint density at radius 3 is 2.67 bits per heavy atom. The molecule has 2 heterocycles. The maximum atomic E-state index is 12.7. The number of aromatic nitrogens is 2. The van der Waals surface area contributed by atoms with Crippen LogP contribution < -0.4 is 10.3 Å². The van der Waals surface area contributed by atoms with E-state index in [0.29, 0.717) is 10.2 Å². The highest BCUT2D eigenvalue weighted by atomic mass is 32.1. The highest BCUT2D eigenvalue weighted by Crippen LogP contribution is 2.27. The van der Waals surface area contributed by atoms with Crippen molar-refractivity contribution in [2.24, 2.45) is 0 Å². The van der Waals surface area contributed by atoms with Gasteiger partial charge in [0.1, 0.15) is 10.6 Å². The first-order chi connectivity index (χ1) is 14.1. The topological polar surface area (TPSA) is 64.4 Å². The second kappa shape index (κ2) is 8.47. The smallest absolute Gasteiger partial charge is 0.405 e. The van der Waals surface area contributed by atoms with Gasteiger partial charge in [0.25, 0.3) is 5.56 Å². The highest BCUT2D eigenvalue weighted by Gasteiger charge is 2.32. The number of benzene rings is 1. The lowest BCUT2D eigenvalue weighted by Gasteiger charge is -2.20. The molecule has 2 aromatic heterocycles. The van der Waals surface area contributed by atoms with E-state index in [2.05, 4.69) is 9.72 Å². The van der Waals surface area contributed by atoms with E-state index in [4.69, 9.17) is 0 Å². The average molecular weight is 439 g/mol. The van der Waals surface area contributed by atoms with Gasteiger partial charge in [-0.25, -0.2) is 4.98 Å². The molecule has 0 fully saturated rings. The molecule has 1 aromatic carbocycles. The molecule has 6 nitrogen and oxygen atoms in total. The first-order valence-electron chi connectivity index (χ1n) is 9.09. The molecule has 0 saturated heterocycles. The van der Waals surface area contributed by atoms with Crippen molar-refractivity contribution < 1.29 is 22.7 Å². The zero-order chi connectivity index (χ0) is 22.1. The van der Waals surface area contributed by atoms with Gasteiger partial charge in [0, 0.05) is 37.0 Å². The first kappa shape index (κ1) is 21.8. The lowest BCUT2D eigenvalue weighted by atomic mass is 10.2. The number of hydrogen-bond donors (Lipinski definition) is 0. The van der Waals surface area contributed by atoms with Crippen LogP contribution >= 0.6 is 11.3 Å². The van der Waals surface area contributed by atoms with Crippen LogP contribution in [0, 0.1) is 13.8 Å². The quantitative estimate of drug-likeness (QED) is 0.582. The van der Waals surface area contributed by atoms with Crippen LogP contribution in [0.25, 0.3) is 10.2 Å². The minimum Gasteiger partial charge on any atom is -0.405 e. The fraction of sp³-hybridized carbons (Fsp3) is 0.350. The number of halogens is 3. The number of rotatable bonds is 6. The third kappa shape index (κ3) is 4.81. The lowest BCUT2D eigenvalue weighted by Crippen LogP contribution is -2.29. The number of ether oxygens (including phenoxy) is 1. The Morgan fingerprint density at radius 1 is 1.27 bits per heavy atom. The van der Waals surface area contributed by atoms with Crippen molar-refractivity contribution in [1.82, 2.24) is 14.5 Å². The van der Waals surface area contributed by atoms with Crippen LogP contribution in [0.2, 0.25) is 0 Å². The minimum absolute atomic E-state index is 0.00799. The maximum Gasteiger partial charge on any atom is 0.573 e. The van der Waals surface area contributed by atoms with Gasteiger partial charge in [0.05, 0.1) is 11.7 Å². The third-order valence-corrected chi connectivity index (χ3v) is 5.87. The molecular weight excluding hydrogens is 419 g/mol. The van der Waals surface area contributed by atoms with Gasteiger partial charge in [-0.15, -0.1) is 24.5 Å². The summed E-state index contributed by atoms with van der Waals surface area (Å²) in [6, 6.07) is 5.67. The van der Waals surface area contributed by atoms with Crippen molar-refractivity contribution in [3.05, 3.63) is 57.0 Å². The molecule has 0 bridgehead atoms. The maximum absolute atomic E-state index is 12.7. The Bertz CT molecular complexity index is 1140. The Morgan fingerprint density at radius 2 is 1.97 bits per heavy atom. The van der Waals surface area contributed by atoms with E-state index in [1.54, 1.807) is 6.07 Å². The van der Waals surface area contributed by atoms with Crippen molar-refractivity contribution in [3.8, 4) is 5.75 Å². The molecule has 0 radical (unpaired) electrons. The second-order valence-electron chi connectivity index (χ2n) is 6.86. The second-order valence-corrected chi connectivity index (χ2v) is 8.07. The van der Waals surface area contributed by atoms with Crippen molar-refractivity contribution in [2.75, 3.05) is 7.05 Å². The number of fused-ring (bicyclic) bond motifs is 1. The molecular formula is C20H20F3N3O3S. The first-order valence-corrected chi connectivity index (χ1v) is 9.91. The summed E-state index contributed by atoms with van der Waals surface area (Å²) < 4.78 is 43.1. The van der Waals surface area contributed by atoms with Crippen LogP contribution in [0.5, 0.6) is 5.75 Å². The minimum atomic E-state index is -4.82. The Balaban J connectivity index is 1.69. The van der Waals surface area contributed by atoms with E-state index in [0.717, 1.165) is 10.4 Å². The number of thiophene rings is 1. The molecule has 10 heteroatoms. The summed E-state index contributed by atoms with van der Waals surface area (Å²) in [5.41, 5.74) is 0.906. The monoisotopic (exact) mass is 439 g/mol. The molecule has 0 aliphatic rings. The molecule has 1 amide bonds. The van der Waals surface area contributed by atoms with E-state index >= 15 is 0 Å². The van der Waals surface area contributed by atoms with Crippen LogP contribution in [-0.4, -0.2) is 33.8 Å². The molecule has 3 aromatic rings. The van der Waals surface area contributed by atoms with Gasteiger partial charge in [-0.1, -0.05) is 18.2 Å². The van der Waals surface area contributed by atoms with E-state index in [-0.39, 0.29) is 42.3 Å². The van der Waals surface area contributed by atoms with Crippen molar-refractivity contribution in [1.29, 1.82) is 0 Å². The van der Waals surface area contributed by atoms with E-state index in [1.807, 2.05) is 13.8 Å². The summed E-state index contributed by atoms with van der Waals surface area (Å²) >= 11 is 1.45. The molecule has 0 spiro atoms. The van der Waals surface area contributed by atoms with E-state index in [9.17, 15) is 22.8 Å².